The second-order valence-electron chi connectivity index (χ2n) is 13.7. The van der Waals surface area contributed by atoms with Crippen molar-refractivity contribution in [2.75, 3.05) is 4.90 Å². The number of benzene rings is 6. The number of anilines is 2. The molecule has 262 valence electrons. The lowest BCUT2D eigenvalue weighted by Gasteiger charge is -2.29. The molecule has 8 aromatic rings. The Labute approximate surface area is 321 Å². The largest absolute Gasteiger partial charge is 0.333 e. The normalized spacial score (nSPS) is 13.4. The molecule has 6 aromatic carbocycles. The summed E-state index contributed by atoms with van der Waals surface area (Å²) < 4.78 is 0. The van der Waals surface area contributed by atoms with Gasteiger partial charge in [-0.2, -0.15) is 0 Å². The minimum atomic E-state index is 0.0567. The van der Waals surface area contributed by atoms with Crippen LogP contribution in [0.5, 0.6) is 0 Å². The SMILES string of the molecule is C=C(CC1C(=C)c2ccccc2N1c1ccccc1)c1cccc(-c2cccc(-c3nc(-c4ccccc4)nc(-c4cccc(-c5cccnc5)c4)n3)c2)c1. The molecule has 5 heteroatoms. The highest BCUT2D eigenvalue weighted by Gasteiger charge is 2.33. The number of rotatable bonds is 9. The van der Waals surface area contributed by atoms with Crippen LogP contribution >= 0.6 is 0 Å². The van der Waals surface area contributed by atoms with Crippen LogP contribution < -0.4 is 4.90 Å². The molecule has 0 radical (unpaired) electrons. The number of hydrogen-bond acceptors (Lipinski definition) is 5. The summed E-state index contributed by atoms with van der Waals surface area (Å²) in [5.74, 6) is 1.84. The van der Waals surface area contributed by atoms with Crippen molar-refractivity contribution in [2.24, 2.45) is 0 Å². The minimum Gasteiger partial charge on any atom is -0.333 e. The summed E-state index contributed by atoms with van der Waals surface area (Å²) in [4.78, 5) is 21.8. The van der Waals surface area contributed by atoms with E-state index in [9.17, 15) is 0 Å². The quantitative estimate of drug-likeness (QED) is 0.149. The molecular weight excluding hydrogens is 671 g/mol. The zero-order valence-electron chi connectivity index (χ0n) is 30.3. The van der Waals surface area contributed by atoms with Gasteiger partial charge in [0.25, 0.3) is 0 Å². The fourth-order valence-corrected chi connectivity index (χ4v) is 7.41. The summed E-state index contributed by atoms with van der Waals surface area (Å²) in [6.45, 7) is 9.19. The third kappa shape index (κ3) is 6.76. The predicted molar refractivity (Wildman–Crippen MR) is 226 cm³/mol. The van der Waals surface area contributed by atoms with E-state index >= 15 is 0 Å². The van der Waals surface area contributed by atoms with Crippen molar-refractivity contribution in [3.63, 3.8) is 0 Å². The van der Waals surface area contributed by atoms with Crippen LogP contribution in [0.25, 0.3) is 67.6 Å². The maximum Gasteiger partial charge on any atom is 0.164 e. The lowest BCUT2D eigenvalue weighted by atomic mass is 9.92. The van der Waals surface area contributed by atoms with E-state index in [0.29, 0.717) is 17.5 Å². The van der Waals surface area contributed by atoms with E-state index in [1.165, 1.54) is 11.3 Å². The van der Waals surface area contributed by atoms with Crippen molar-refractivity contribution in [3.8, 4) is 56.4 Å². The summed E-state index contributed by atoms with van der Waals surface area (Å²) in [6, 6.07) is 58.5. The van der Waals surface area contributed by atoms with E-state index in [0.717, 1.165) is 67.8 Å². The monoisotopic (exact) mass is 707 g/mol. The molecule has 0 amide bonds. The minimum absolute atomic E-state index is 0.0567. The van der Waals surface area contributed by atoms with Crippen LogP contribution in [0.15, 0.2) is 195 Å². The van der Waals surface area contributed by atoms with Gasteiger partial charge in [-0.1, -0.05) is 141 Å². The van der Waals surface area contributed by atoms with E-state index < -0.39 is 0 Å². The second kappa shape index (κ2) is 14.6. The molecule has 5 nitrogen and oxygen atoms in total. The molecule has 0 N–H and O–H groups in total. The van der Waals surface area contributed by atoms with Crippen molar-refractivity contribution >= 4 is 22.5 Å². The number of pyridine rings is 1. The number of fused-ring (bicyclic) bond motifs is 1. The second-order valence-corrected chi connectivity index (χ2v) is 13.7. The molecule has 9 rings (SSSR count). The third-order valence-electron chi connectivity index (χ3n) is 10.2. The first-order valence-electron chi connectivity index (χ1n) is 18.4. The molecule has 0 saturated heterocycles. The molecule has 2 aromatic heterocycles. The molecule has 0 spiro atoms. The molecule has 55 heavy (non-hydrogen) atoms. The van der Waals surface area contributed by atoms with E-state index in [2.05, 4.69) is 144 Å². The Bertz CT molecular complexity index is 2670. The maximum absolute atomic E-state index is 5.06. The average molecular weight is 708 g/mol. The Morgan fingerprint density at radius 2 is 1.04 bits per heavy atom. The Balaban J connectivity index is 1.04. The first-order valence-corrected chi connectivity index (χ1v) is 18.4. The van der Waals surface area contributed by atoms with Gasteiger partial charge in [0.15, 0.2) is 17.5 Å². The standard InChI is InChI=1S/C50H37N5/c1-34(29-47-35(2)45-26-9-10-27-46(45)55(47)44-24-7-4-8-25-44)37-17-11-18-38(30-37)39-19-12-21-41(31-39)49-52-48(36-15-5-3-6-16-36)53-50(54-49)42-22-13-20-40(32-42)43-23-14-28-51-33-43/h3-28,30-33,47H,1-2,29H2. The molecule has 0 fully saturated rings. The van der Waals surface area contributed by atoms with Gasteiger partial charge in [0.05, 0.1) is 6.04 Å². The Morgan fingerprint density at radius 3 is 1.71 bits per heavy atom. The van der Waals surface area contributed by atoms with Crippen molar-refractivity contribution in [1.82, 2.24) is 19.9 Å². The van der Waals surface area contributed by atoms with Crippen LogP contribution in [0.4, 0.5) is 11.4 Å². The maximum atomic E-state index is 5.06. The van der Waals surface area contributed by atoms with E-state index in [4.69, 9.17) is 15.0 Å². The van der Waals surface area contributed by atoms with Gasteiger partial charge in [-0.15, -0.1) is 0 Å². The fourth-order valence-electron chi connectivity index (χ4n) is 7.41. The lowest BCUT2D eigenvalue weighted by Crippen LogP contribution is -2.26. The molecule has 0 saturated carbocycles. The zero-order valence-corrected chi connectivity index (χ0v) is 30.3. The molecule has 0 bridgehead atoms. The number of para-hydroxylation sites is 2. The Morgan fingerprint density at radius 1 is 0.509 bits per heavy atom. The van der Waals surface area contributed by atoms with Gasteiger partial charge in [-0.3, -0.25) is 4.98 Å². The highest BCUT2D eigenvalue weighted by atomic mass is 15.2. The topological polar surface area (TPSA) is 54.8 Å². The average Bonchev–Trinajstić information content (AvgIpc) is 3.54. The molecule has 1 aliphatic rings. The van der Waals surface area contributed by atoms with Crippen LogP contribution in [-0.2, 0) is 0 Å². The van der Waals surface area contributed by atoms with Gasteiger partial charge >= 0.3 is 0 Å². The van der Waals surface area contributed by atoms with Crippen LogP contribution in [0.2, 0.25) is 0 Å². The molecule has 1 atom stereocenters. The Hall–Kier alpha value is -7.24. The van der Waals surface area contributed by atoms with Crippen molar-refractivity contribution in [3.05, 3.63) is 207 Å². The predicted octanol–water partition coefficient (Wildman–Crippen LogP) is 12.2. The molecular formula is C50H37N5. The summed E-state index contributed by atoms with van der Waals surface area (Å²) in [6.07, 6.45) is 4.39. The summed E-state index contributed by atoms with van der Waals surface area (Å²) in [7, 11) is 0. The number of hydrogen-bond donors (Lipinski definition) is 0. The van der Waals surface area contributed by atoms with Gasteiger partial charge in [-0.25, -0.2) is 15.0 Å². The van der Waals surface area contributed by atoms with Crippen molar-refractivity contribution < 1.29 is 0 Å². The van der Waals surface area contributed by atoms with Crippen molar-refractivity contribution in [1.29, 1.82) is 0 Å². The van der Waals surface area contributed by atoms with E-state index in [-0.39, 0.29) is 6.04 Å². The smallest absolute Gasteiger partial charge is 0.164 e. The van der Waals surface area contributed by atoms with Crippen LogP contribution in [0, 0.1) is 0 Å². The van der Waals surface area contributed by atoms with Crippen LogP contribution in [-0.4, -0.2) is 26.0 Å². The van der Waals surface area contributed by atoms with Gasteiger partial charge in [0, 0.05) is 51.6 Å². The van der Waals surface area contributed by atoms with Crippen molar-refractivity contribution in [2.45, 2.75) is 12.5 Å². The molecule has 1 aliphatic heterocycles. The number of nitrogens with zero attached hydrogens (tertiary/aromatic N) is 5. The third-order valence-corrected chi connectivity index (χ3v) is 10.2. The van der Waals surface area contributed by atoms with Gasteiger partial charge < -0.3 is 4.90 Å². The highest BCUT2D eigenvalue weighted by Crippen LogP contribution is 2.46. The Kier molecular flexibility index (Phi) is 8.94. The van der Waals surface area contributed by atoms with Crippen LogP contribution in [0.3, 0.4) is 0 Å². The first-order chi connectivity index (χ1) is 27.1. The lowest BCUT2D eigenvalue weighted by molar-refractivity contribution is 0.848. The summed E-state index contributed by atoms with van der Waals surface area (Å²) in [5.41, 5.74) is 13.8. The molecule has 3 heterocycles. The molecule has 0 aliphatic carbocycles. The van der Waals surface area contributed by atoms with E-state index in [1.807, 2.05) is 54.7 Å². The highest BCUT2D eigenvalue weighted by molar-refractivity contribution is 5.92. The van der Waals surface area contributed by atoms with Gasteiger partial charge in [-0.05, 0) is 82.3 Å². The van der Waals surface area contributed by atoms with Crippen LogP contribution in [0.1, 0.15) is 17.5 Å². The summed E-state index contributed by atoms with van der Waals surface area (Å²) >= 11 is 0. The summed E-state index contributed by atoms with van der Waals surface area (Å²) in [5, 5.41) is 0. The zero-order chi connectivity index (χ0) is 37.1. The van der Waals surface area contributed by atoms with Gasteiger partial charge in [0.1, 0.15) is 0 Å². The fraction of sp³-hybridized carbons (Fsp3) is 0.0400. The number of aromatic nitrogens is 4. The van der Waals surface area contributed by atoms with E-state index in [1.54, 1.807) is 6.20 Å². The van der Waals surface area contributed by atoms with Gasteiger partial charge in [0.2, 0.25) is 0 Å². The molecule has 1 unspecified atom stereocenters. The first kappa shape index (κ1) is 33.6.